The van der Waals surface area contributed by atoms with E-state index < -0.39 is 0 Å². The molecule has 0 bridgehead atoms. The van der Waals surface area contributed by atoms with Crippen LogP contribution in [0, 0.1) is 19.8 Å². The number of aryl methyl sites for hydroxylation is 1. The Morgan fingerprint density at radius 2 is 1.73 bits per heavy atom. The Bertz CT molecular complexity index is 816. The average Bonchev–Trinajstić information content (AvgIpc) is 2.95. The van der Waals surface area contributed by atoms with Gasteiger partial charge in [0.25, 0.3) is 5.91 Å². The second-order valence-electron chi connectivity index (χ2n) is 6.79. The molecule has 1 aliphatic heterocycles. The quantitative estimate of drug-likeness (QED) is 0.915. The summed E-state index contributed by atoms with van der Waals surface area (Å²) in [5, 5.41) is 0. The van der Waals surface area contributed by atoms with E-state index in [0.717, 1.165) is 22.8 Å². The van der Waals surface area contributed by atoms with Crippen LogP contribution in [0.4, 0.5) is 0 Å². The molecule has 0 radical (unpaired) electrons. The molecule has 1 fully saturated rings. The normalized spacial score (nSPS) is 15.1. The highest BCUT2D eigenvalue weighted by Crippen LogP contribution is 2.25. The standard InChI is InChI=1S/C20H25N3O3/c1-13-12-18(20(25)22-10-8-15(9-11-22)19(21)24)14(2)23(13)16-4-6-17(26-3)7-5-16/h4-7,12,15H,8-11H2,1-3H3,(H2,21,24). The lowest BCUT2D eigenvalue weighted by molar-refractivity contribution is -0.123. The van der Waals surface area contributed by atoms with Gasteiger partial charge in [-0.1, -0.05) is 0 Å². The van der Waals surface area contributed by atoms with Gasteiger partial charge in [-0.05, 0) is 57.0 Å². The average molecular weight is 355 g/mol. The Morgan fingerprint density at radius 3 is 2.27 bits per heavy atom. The molecule has 26 heavy (non-hydrogen) atoms. The zero-order chi connectivity index (χ0) is 18.8. The predicted molar refractivity (Wildman–Crippen MR) is 99.6 cm³/mol. The number of piperidine rings is 1. The van der Waals surface area contributed by atoms with E-state index in [4.69, 9.17) is 10.5 Å². The van der Waals surface area contributed by atoms with E-state index in [1.165, 1.54) is 0 Å². The Morgan fingerprint density at radius 1 is 1.12 bits per heavy atom. The molecular weight excluding hydrogens is 330 g/mol. The van der Waals surface area contributed by atoms with Gasteiger partial charge in [0.1, 0.15) is 5.75 Å². The number of carbonyl (C=O) groups is 2. The zero-order valence-electron chi connectivity index (χ0n) is 15.5. The molecule has 6 heteroatoms. The molecule has 0 aliphatic carbocycles. The molecular formula is C20H25N3O3. The Kier molecular flexibility index (Phi) is 5.02. The van der Waals surface area contributed by atoms with Crippen molar-refractivity contribution in [1.82, 2.24) is 9.47 Å². The summed E-state index contributed by atoms with van der Waals surface area (Å²) in [7, 11) is 1.64. The van der Waals surface area contributed by atoms with Crippen molar-refractivity contribution in [3.63, 3.8) is 0 Å². The highest BCUT2D eigenvalue weighted by Gasteiger charge is 2.28. The highest BCUT2D eigenvalue weighted by molar-refractivity contribution is 5.96. The molecule has 0 saturated carbocycles. The summed E-state index contributed by atoms with van der Waals surface area (Å²) in [4.78, 5) is 26.1. The number of methoxy groups -OCH3 is 1. The Labute approximate surface area is 153 Å². The van der Waals surface area contributed by atoms with Gasteiger partial charge in [0.05, 0.1) is 12.7 Å². The highest BCUT2D eigenvalue weighted by atomic mass is 16.5. The van der Waals surface area contributed by atoms with Crippen molar-refractivity contribution in [3.8, 4) is 11.4 Å². The van der Waals surface area contributed by atoms with Crippen LogP contribution < -0.4 is 10.5 Å². The van der Waals surface area contributed by atoms with Crippen LogP contribution in [-0.4, -0.2) is 41.5 Å². The lowest BCUT2D eigenvalue weighted by Gasteiger charge is -2.30. The van der Waals surface area contributed by atoms with E-state index in [-0.39, 0.29) is 17.7 Å². The minimum absolute atomic E-state index is 0.0146. The summed E-state index contributed by atoms with van der Waals surface area (Å²) < 4.78 is 7.28. The van der Waals surface area contributed by atoms with Gasteiger partial charge in [-0.15, -0.1) is 0 Å². The third-order valence-electron chi connectivity index (χ3n) is 5.18. The SMILES string of the molecule is COc1ccc(-n2c(C)cc(C(=O)N3CCC(C(N)=O)CC3)c2C)cc1. The summed E-state index contributed by atoms with van der Waals surface area (Å²) in [6, 6.07) is 9.70. The van der Waals surface area contributed by atoms with Crippen LogP contribution >= 0.6 is 0 Å². The first-order chi connectivity index (χ1) is 12.4. The third-order valence-corrected chi connectivity index (χ3v) is 5.18. The minimum Gasteiger partial charge on any atom is -0.497 e. The molecule has 1 aromatic heterocycles. The monoisotopic (exact) mass is 355 g/mol. The molecule has 2 heterocycles. The van der Waals surface area contributed by atoms with E-state index in [2.05, 4.69) is 4.57 Å². The van der Waals surface area contributed by atoms with Crippen molar-refractivity contribution in [1.29, 1.82) is 0 Å². The number of aromatic nitrogens is 1. The maximum atomic E-state index is 13.0. The lowest BCUT2D eigenvalue weighted by Crippen LogP contribution is -2.41. The predicted octanol–water partition coefficient (Wildman–Crippen LogP) is 2.44. The van der Waals surface area contributed by atoms with Gasteiger partial charge in [-0.3, -0.25) is 9.59 Å². The number of likely N-dealkylation sites (tertiary alicyclic amines) is 1. The molecule has 2 aromatic rings. The van der Waals surface area contributed by atoms with Gasteiger partial charge >= 0.3 is 0 Å². The van der Waals surface area contributed by atoms with Crippen molar-refractivity contribution in [2.75, 3.05) is 20.2 Å². The van der Waals surface area contributed by atoms with Crippen LogP contribution in [0.5, 0.6) is 5.75 Å². The summed E-state index contributed by atoms with van der Waals surface area (Å²) >= 11 is 0. The fourth-order valence-corrected chi connectivity index (χ4v) is 3.65. The summed E-state index contributed by atoms with van der Waals surface area (Å²) in [5.41, 5.74) is 8.99. The van der Waals surface area contributed by atoms with Crippen molar-refractivity contribution in [3.05, 3.63) is 47.3 Å². The maximum Gasteiger partial charge on any atom is 0.255 e. The minimum atomic E-state index is -0.269. The number of carbonyl (C=O) groups excluding carboxylic acids is 2. The molecule has 0 spiro atoms. The zero-order valence-corrected chi connectivity index (χ0v) is 15.5. The number of amides is 2. The number of hydrogen-bond donors (Lipinski definition) is 1. The number of nitrogens with two attached hydrogens (primary N) is 1. The van der Waals surface area contributed by atoms with Gasteiger partial charge in [0.2, 0.25) is 5.91 Å². The molecule has 0 atom stereocenters. The molecule has 2 N–H and O–H groups in total. The second-order valence-corrected chi connectivity index (χ2v) is 6.79. The number of hydrogen-bond acceptors (Lipinski definition) is 3. The summed E-state index contributed by atoms with van der Waals surface area (Å²) in [5.74, 6) is 0.422. The molecule has 0 unspecified atom stereocenters. The van der Waals surface area contributed by atoms with E-state index >= 15 is 0 Å². The first-order valence-electron chi connectivity index (χ1n) is 8.84. The molecule has 6 nitrogen and oxygen atoms in total. The van der Waals surface area contributed by atoms with Gasteiger partial charge in [0, 0.05) is 36.1 Å². The fourth-order valence-electron chi connectivity index (χ4n) is 3.65. The van der Waals surface area contributed by atoms with E-state index in [0.29, 0.717) is 31.5 Å². The molecule has 3 rings (SSSR count). The fraction of sp³-hybridized carbons (Fsp3) is 0.400. The Balaban J connectivity index is 1.83. The van der Waals surface area contributed by atoms with Crippen LogP contribution in [0.2, 0.25) is 0 Å². The van der Waals surface area contributed by atoms with Gasteiger partial charge in [-0.2, -0.15) is 0 Å². The van der Waals surface area contributed by atoms with Crippen LogP contribution in [0.25, 0.3) is 5.69 Å². The molecule has 1 aliphatic rings. The summed E-state index contributed by atoms with van der Waals surface area (Å²) in [6.45, 7) is 5.09. The van der Waals surface area contributed by atoms with Crippen LogP contribution in [0.3, 0.4) is 0 Å². The number of rotatable bonds is 4. The van der Waals surface area contributed by atoms with Crippen LogP contribution in [0.1, 0.15) is 34.6 Å². The number of primary amides is 1. The topological polar surface area (TPSA) is 77.6 Å². The smallest absolute Gasteiger partial charge is 0.255 e. The molecule has 1 saturated heterocycles. The van der Waals surface area contributed by atoms with E-state index in [9.17, 15) is 9.59 Å². The number of ether oxygens (including phenoxy) is 1. The second kappa shape index (κ2) is 7.23. The Hall–Kier alpha value is -2.76. The van der Waals surface area contributed by atoms with Crippen molar-refractivity contribution in [2.45, 2.75) is 26.7 Å². The van der Waals surface area contributed by atoms with Crippen molar-refractivity contribution >= 4 is 11.8 Å². The van der Waals surface area contributed by atoms with Gasteiger partial charge < -0.3 is 19.9 Å². The molecule has 138 valence electrons. The summed E-state index contributed by atoms with van der Waals surface area (Å²) in [6.07, 6.45) is 1.27. The number of benzene rings is 1. The third kappa shape index (κ3) is 3.31. The van der Waals surface area contributed by atoms with Crippen molar-refractivity contribution in [2.24, 2.45) is 11.7 Å². The van der Waals surface area contributed by atoms with Crippen molar-refractivity contribution < 1.29 is 14.3 Å². The van der Waals surface area contributed by atoms with Gasteiger partial charge in [-0.25, -0.2) is 0 Å². The van der Waals surface area contributed by atoms with Crippen LogP contribution in [-0.2, 0) is 4.79 Å². The maximum absolute atomic E-state index is 13.0. The largest absolute Gasteiger partial charge is 0.497 e. The molecule has 2 amide bonds. The lowest BCUT2D eigenvalue weighted by atomic mass is 9.96. The first kappa shape index (κ1) is 18.0. The molecule has 1 aromatic carbocycles. The van der Waals surface area contributed by atoms with Crippen LogP contribution in [0.15, 0.2) is 30.3 Å². The first-order valence-corrected chi connectivity index (χ1v) is 8.84. The van der Waals surface area contributed by atoms with E-state index in [1.54, 1.807) is 7.11 Å². The van der Waals surface area contributed by atoms with Gasteiger partial charge in [0.15, 0.2) is 0 Å². The van der Waals surface area contributed by atoms with E-state index in [1.807, 2.05) is 49.1 Å². The number of nitrogens with zero attached hydrogens (tertiary/aromatic N) is 2.